The number of carbonyl (C=O) groups is 1. The number of amides is 1. The Balaban J connectivity index is 1.61. The summed E-state index contributed by atoms with van der Waals surface area (Å²) in [4.78, 5) is 17.4. The number of rotatable bonds is 6. The number of carbonyl (C=O) groups excluding carboxylic acids is 1. The second kappa shape index (κ2) is 8.88. The Labute approximate surface area is 186 Å². The fourth-order valence-electron chi connectivity index (χ4n) is 3.69. The minimum absolute atomic E-state index is 0.0162. The van der Waals surface area contributed by atoms with Crippen molar-refractivity contribution in [3.8, 4) is 16.9 Å². The monoisotopic (exact) mass is 456 g/mol. The van der Waals surface area contributed by atoms with Crippen molar-refractivity contribution >= 4 is 38.4 Å². The van der Waals surface area contributed by atoms with Gasteiger partial charge in [0.15, 0.2) is 9.84 Å². The highest BCUT2D eigenvalue weighted by molar-refractivity contribution is 8.00. The van der Waals surface area contributed by atoms with E-state index >= 15 is 0 Å². The summed E-state index contributed by atoms with van der Waals surface area (Å²) in [5.41, 5.74) is 2.89. The molecule has 2 aromatic carbocycles. The number of aromatic nitrogens is 1. The molecule has 1 aromatic heterocycles. The molecule has 31 heavy (non-hydrogen) atoms. The van der Waals surface area contributed by atoms with Crippen molar-refractivity contribution in [1.82, 2.24) is 10.3 Å². The van der Waals surface area contributed by atoms with Crippen LogP contribution in [-0.4, -0.2) is 49.2 Å². The maximum atomic E-state index is 12.7. The van der Waals surface area contributed by atoms with Crippen molar-refractivity contribution in [3.05, 3.63) is 54.6 Å². The highest BCUT2D eigenvalue weighted by Crippen LogP contribution is 2.34. The average Bonchev–Trinajstić information content (AvgIpc) is 3.11. The third kappa shape index (κ3) is 5.02. The fourth-order valence-corrected chi connectivity index (χ4v) is 6.24. The third-order valence-electron chi connectivity index (χ3n) is 5.32. The average molecular weight is 457 g/mol. The second-order valence-electron chi connectivity index (χ2n) is 7.63. The quantitative estimate of drug-likeness (QED) is 0.570. The number of fused-ring (bicyclic) bond motifs is 1. The number of nitrogens with zero attached hydrogens (tertiary/aromatic N) is 1. The van der Waals surface area contributed by atoms with Crippen LogP contribution in [0.4, 0.5) is 0 Å². The number of hydrogen-bond donors (Lipinski definition) is 1. The maximum absolute atomic E-state index is 12.7. The number of nitrogens with one attached hydrogen (secondary N) is 1. The van der Waals surface area contributed by atoms with Crippen LogP contribution in [0.25, 0.3) is 22.0 Å². The summed E-state index contributed by atoms with van der Waals surface area (Å²) < 4.78 is 28.7. The number of thioether (sulfide) groups is 1. The molecule has 0 spiro atoms. The van der Waals surface area contributed by atoms with Crippen molar-refractivity contribution in [2.45, 2.75) is 29.7 Å². The molecule has 6 nitrogen and oxygen atoms in total. The smallest absolute Gasteiger partial charge is 0.233 e. The Bertz CT molecular complexity index is 1210. The molecule has 1 amide bonds. The molecule has 0 radical (unpaired) electrons. The zero-order valence-electron chi connectivity index (χ0n) is 17.4. The third-order valence-corrected chi connectivity index (χ3v) is 8.11. The van der Waals surface area contributed by atoms with Crippen LogP contribution in [0, 0.1) is 0 Å². The van der Waals surface area contributed by atoms with Crippen LogP contribution in [0.5, 0.6) is 5.75 Å². The van der Waals surface area contributed by atoms with Crippen molar-refractivity contribution < 1.29 is 17.9 Å². The van der Waals surface area contributed by atoms with Gasteiger partial charge in [-0.25, -0.2) is 13.4 Å². The molecule has 2 heterocycles. The van der Waals surface area contributed by atoms with Gasteiger partial charge in [-0.05, 0) is 42.7 Å². The molecule has 162 valence electrons. The molecule has 1 fully saturated rings. The molecular weight excluding hydrogens is 432 g/mol. The topological polar surface area (TPSA) is 85.4 Å². The van der Waals surface area contributed by atoms with Gasteiger partial charge in [0.05, 0.1) is 34.4 Å². The van der Waals surface area contributed by atoms with Crippen molar-refractivity contribution in [3.63, 3.8) is 0 Å². The molecule has 1 saturated heterocycles. The van der Waals surface area contributed by atoms with Gasteiger partial charge in [0.1, 0.15) is 5.75 Å². The van der Waals surface area contributed by atoms with E-state index < -0.39 is 15.1 Å². The fraction of sp³-hybridized carbons (Fsp3) is 0.304. The molecule has 0 bridgehead atoms. The van der Waals surface area contributed by atoms with E-state index in [9.17, 15) is 13.2 Å². The van der Waals surface area contributed by atoms with E-state index in [4.69, 9.17) is 9.72 Å². The van der Waals surface area contributed by atoms with Crippen LogP contribution in [0.1, 0.15) is 13.3 Å². The summed E-state index contributed by atoms with van der Waals surface area (Å²) in [7, 11) is -1.42. The molecule has 0 saturated carbocycles. The van der Waals surface area contributed by atoms with E-state index in [1.165, 1.54) is 11.8 Å². The molecular formula is C23H24N2O4S2. The number of hydrogen-bond acceptors (Lipinski definition) is 6. The summed E-state index contributed by atoms with van der Waals surface area (Å²) in [5, 5.41) is 4.18. The molecule has 4 rings (SSSR count). The van der Waals surface area contributed by atoms with E-state index in [1.807, 2.05) is 61.5 Å². The van der Waals surface area contributed by atoms with Crippen molar-refractivity contribution in [2.75, 3.05) is 18.6 Å². The van der Waals surface area contributed by atoms with Crippen molar-refractivity contribution in [2.24, 2.45) is 0 Å². The van der Waals surface area contributed by atoms with Gasteiger partial charge in [-0.2, -0.15) is 0 Å². The summed E-state index contributed by atoms with van der Waals surface area (Å²) >= 11 is 1.36. The van der Waals surface area contributed by atoms with Crippen LogP contribution in [0.15, 0.2) is 59.6 Å². The first kappa shape index (κ1) is 21.6. The number of ether oxygens (including phenoxy) is 1. The number of benzene rings is 2. The summed E-state index contributed by atoms with van der Waals surface area (Å²) in [6.07, 6.45) is 0.470. The first-order valence-corrected chi connectivity index (χ1v) is 12.8. The first-order valence-electron chi connectivity index (χ1n) is 10.1. The van der Waals surface area contributed by atoms with E-state index in [2.05, 4.69) is 5.32 Å². The van der Waals surface area contributed by atoms with Crippen LogP contribution < -0.4 is 10.1 Å². The van der Waals surface area contributed by atoms with Crippen LogP contribution in [-0.2, 0) is 14.6 Å². The van der Waals surface area contributed by atoms with Gasteiger partial charge < -0.3 is 10.1 Å². The minimum atomic E-state index is -3.04. The number of methoxy groups -OCH3 is 1. The molecule has 1 aliphatic heterocycles. The van der Waals surface area contributed by atoms with E-state index in [-0.39, 0.29) is 23.5 Å². The molecule has 3 aromatic rings. The standard InChI is InChI=1S/C23H24N2O4S2/c1-15(23(26)24-17-10-11-31(27,28)14-17)30-22-13-20(16-6-4-3-5-7-16)19-9-8-18(29-2)12-21(19)25-22/h3-9,12-13,15,17H,10-11,14H2,1-2H3,(H,24,26)/t15-,17-/m0/s1. The van der Waals surface area contributed by atoms with Gasteiger partial charge in [-0.3, -0.25) is 4.79 Å². The van der Waals surface area contributed by atoms with E-state index in [0.29, 0.717) is 6.42 Å². The lowest BCUT2D eigenvalue weighted by molar-refractivity contribution is -0.120. The van der Waals surface area contributed by atoms with Crippen LogP contribution in [0.2, 0.25) is 0 Å². The van der Waals surface area contributed by atoms with Crippen LogP contribution in [0.3, 0.4) is 0 Å². The molecule has 0 aliphatic carbocycles. The Morgan fingerprint density at radius 3 is 2.65 bits per heavy atom. The van der Waals surface area contributed by atoms with Gasteiger partial charge in [-0.15, -0.1) is 0 Å². The lowest BCUT2D eigenvalue weighted by Gasteiger charge is -2.16. The summed E-state index contributed by atoms with van der Waals surface area (Å²) in [5.74, 6) is 0.686. The Morgan fingerprint density at radius 2 is 1.97 bits per heavy atom. The summed E-state index contributed by atoms with van der Waals surface area (Å²) in [6, 6.07) is 17.5. The molecule has 8 heteroatoms. The lowest BCUT2D eigenvalue weighted by Crippen LogP contribution is -2.39. The SMILES string of the molecule is COc1ccc2c(-c3ccccc3)cc(S[C@@H](C)C(=O)N[C@H]3CCS(=O)(=O)C3)nc2c1. The van der Waals surface area contributed by atoms with Gasteiger partial charge >= 0.3 is 0 Å². The predicted octanol–water partition coefficient (Wildman–Crippen LogP) is 3.69. The molecule has 1 N–H and O–H groups in total. The van der Waals surface area contributed by atoms with Gasteiger partial charge in [0, 0.05) is 17.5 Å². The van der Waals surface area contributed by atoms with Crippen LogP contribution >= 0.6 is 11.8 Å². The van der Waals surface area contributed by atoms with Gasteiger partial charge in [0.2, 0.25) is 5.91 Å². The molecule has 0 unspecified atom stereocenters. The zero-order chi connectivity index (χ0) is 22.0. The predicted molar refractivity (Wildman–Crippen MR) is 124 cm³/mol. The summed E-state index contributed by atoms with van der Waals surface area (Å²) in [6.45, 7) is 1.81. The largest absolute Gasteiger partial charge is 0.497 e. The Morgan fingerprint density at radius 1 is 1.19 bits per heavy atom. The van der Waals surface area contributed by atoms with E-state index in [0.717, 1.165) is 32.8 Å². The molecule has 1 aliphatic rings. The first-order chi connectivity index (χ1) is 14.8. The Kier molecular flexibility index (Phi) is 6.20. The number of sulfone groups is 1. The number of pyridine rings is 1. The maximum Gasteiger partial charge on any atom is 0.233 e. The van der Waals surface area contributed by atoms with Crippen molar-refractivity contribution in [1.29, 1.82) is 0 Å². The van der Waals surface area contributed by atoms with Gasteiger partial charge in [-0.1, -0.05) is 42.1 Å². The lowest BCUT2D eigenvalue weighted by atomic mass is 10.0. The normalized spacial score (nSPS) is 18.6. The van der Waals surface area contributed by atoms with E-state index in [1.54, 1.807) is 7.11 Å². The minimum Gasteiger partial charge on any atom is -0.497 e. The molecule has 2 atom stereocenters. The Hall–Kier alpha value is -2.58. The zero-order valence-corrected chi connectivity index (χ0v) is 19.0. The highest BCUT2D eigenvalue weighted by atomic mass is 32.2. The highest BCUT2D eigenvalue weighted by Gasteiger charge is 2.30. The van der Waals surface area contributed by atoms with Gasteiger partial charge in [0.25, 0.3) is 0 Å². The second-order valence-corrected chi connectivity index (χ2v) is 11.2.